The van der Waals surface area contributed by atoms with Crippen LogP contribution in [0, 0.1) is 0 Å². The topological polar surface area (TPSA) is 82.5 Å². The van der Waals surface area contributed by atoms with E-state index in [1.807, 2.05) is 6.07 Å². The van der Waals surface area contributed by atoms with Crippen LogP contribution in [-0.4, -0.2) is 90.2 Å². The summed E-state index contributed by atoms with van der Waals surface area (Å²) in [6, 6.07) is 5.84. The van der Waals surface area contributed by atoms with Crippen LogP contribution >= 0.6 is 0 Å². The molecule has 0 saturated carbocycles. The van der Waals surface area contributed by atoms with E-state index in [2.05, 4.69) is 17.0 Å². The number of ether oxygens (including phenoxy) is 2. The number of morpholine rings is 1. The van der Waals surface area contributed by atoms with Crippen LogP contribution < -0.4 is 4.74 Å². The highest BCUT2D eigenvalue weighted by Crippen LogP contribution is 2.25. The molecule has 1 amide bonds. The Labute approximate surface area is 172 Å². The van der Waals surface area contributed by atoms with Gasteiger partial charge in [-0.3, -0.25) is 9.69 Å². The molecule has 7 heteroatoms. The third-order valence-electron chi connectivity index (χ3n) is 6.44. The lowest BCUT2D eigenvalue weighted by Crippen LogP contribution is -2.55. The van der Waals surface area contributed by atoms with Gasteiger partial charge in [0, 0.05) is 26.2 Å². The number of carbonyl (C=O) groups excluding carboxylic acids is 1. The van der Waals surface area contributed by atoms with Crippen molar-refractivity contribution in [2.75, 3.05) is 46.0 Å². The number of benzene rings is 1. The van der Waals surface area contributed by atoms with Gasteiger partial charge >= 0.3 is 0 Å². The van der Waals surface area contributed by atoms with Gasteiger partial charge in [-0.2, -0.15) is 0 Å². The Hall–Kier alpha value is -1.67. The highest BCUT2D eigenvalue weighted by molar-refractivity contribution is 5.78. The minimum Gasteiger partial charge on any atom is -0.484 e. The molecule has 0 unspecified atom stereocenters. The fraction of sp³-hybridized carbons (Fsp3) is 0.682. The number of aryl methyl sites for hydroxylation is 2. The Morgan fingerprint density at radius 1 is 1.10 bits per heavy atom. The minimum atomic E-state index is -0.868. The number of nitrogens with zero attached hydrogens (tertiary/aromatic N) is 2. The first kappa shape index (κ1) is 20.6. The second kappa shape index (κ2) is 9.43. The second-order valence-corrected chi connectivity index (χ2v) is 8.33. The van der Waals surface area contributed by atoms with Crippen LogP contribution in [0.25, 0.3) is 0 Å². The van der Waals surface area contributed by atoms with Crippen LogP contribution in [-0.2, 0) is 22.4 Å². The van der Waals surface area contributed by atoms with E-state index in [4.69, 9.17) is 9.47 Å². The van der Waals surface area contributed by atoms with Gasteiger partial charge in [-0.15, -0.1) is 0 Å². The van der Waals surface area contributed by atoms with E-state index in [-0.39, 0.29) is 18.6 Å². The molecule has 0 radical (unpaired) electrons. The third-order valence-corrected chi connectivity index (χ3v) is 6.44. The first-order chi connectivity index (χ1) is 14.1. The maximum absolute atomic E-state index is 12.8. The summed E-state index contributed by atoms with van der Waals surface area (Å²) in [5.41, 5.74) is 2.72. The van der Waals surface area contributed by atoms with Gasteiger partial charge in [0.2, 0.25) is 0 Å². The van der Waals surface area contributed by atoms with E-state index < -0.39 is 12.2 Å². The molecule has 160 valence electrons. The standard InChI is InChI=1S/C22H32N2O5/c25-20-7-8-24(14-19(22(20)27)23-9-11-28-12-10-23)21(26)15-29-18-6-5-16-3-1-2-4-17(16)13-18/h5-6,13,19-20,22,25,27H,1-4,7-12,14-15H2/t19-,20-,22+/m1/s1. The van der Waals surface area contributed by atoms with Crippen molar-refractivity contribution in [2.24, 2.45) is 0 Å². The van der Waals surface area contributed by atoms with Crippen LogP contribution in [0.3, 0.4) is 0 Å². The predicted octanol–water partition coefficient (Wildman–Crippen LogP) is 0.599. The maximum Gasteiger partial charge on any atom is 0.260 e. The molecule has 1 aromatic carbocycles. The van der Waals surface area contributed by atoms with Crippen molar-refractivity contribution < 1.29 is 24.5 Å². The molecule has 0 bridgehead atoms. The molecule has 1 aliphatic carbocycles. The molecule has 2 saturated heterocycles. The molecule has 2 heterocycles. The molecule has 1 aromatic rings. The largest absolute Gasteiger partial charge is 0.484 e. The van der Waals surface area contributed by atoms with Crippen molar-refractivity contribution in [3.05, 3.63) is 29.3 Å². The molecule has 2 aliphatic heterocycles. The van der Waals surface area contributed by atoms with Gasteiger partial charge in [0.05, 0.1) is 31.5 Å². The summed E-state index contributed by atoms with van der Waals surface area (Å²) < 4.78 is 11.2. The Morgan fingerprint density at radius 2 is 1.86 bits per heavy atom. The minimum absolute atomic E-state index is 0.0270. The van der Waals surface area contributed by atoms with Crippen molar-refractivity contribution >= 4 is 5.91 Å². The van der Waals surface area contributed by atoms with Gasteiger partial charge in [-0.25, -0.2) is 0 Å². The SMILES string of the molecule is O=C(COc1ccc2c(c1)CCCC2)N1CC[C@@H](O)[C@@H](O)[C@H](N2CCOCC2)C1. The van der Waals surface area contributed by atoms with Crippen LogP contribution in [0.5, 0.6) is 5.75 Å². The molecule has 4 rings (SSSR count). The summed E-state index contributed by atoms with van der Waals surface area (Å²) in [5.74, 6) is 0.626. The monoisotopic (exact) mass is 404 g/mol. The van der Waals surface area contributed by atoms with Gasteiger partial charge in [-0.05, 0) is 55.4 Å². The summed E-state index contributed by atoms with van der Waals surface area (Å²) in [4.78, 5) is 16.7. The number of likely N-dealkylation sites (tertiary alicyclic amines) is 1. The third kappa shape index (κ3) is 4.91. The van der Waals surface area contributed by atoms with Crippen molar-refractivity contribution in [1.29, 1.82) is 0 Å². The number of aliphatic hydroxyl groups excluding tert-OH is 2. The highest BCUT2D eigenvalue weighted by Gasteiger charge is 2.37. The number of hydrogen-bond acceptors (Lipinski definition) is 6. The summed E-state index contributed by atoms with van der Waals surface area (Å²) >= 11 is 0. The molecule has 0 spiro atoms. The van der Waals surface area contributed by atoms with E-state index in [0.29, 0.717) is 45.8 Å². The van der Waals surface area contributed by atoms with Gasteiger partial charge in [0.15, 0.2) is 6.61 Å². The maximum atomic E-state index is 12.8. The zero-order valence-electron chi connectivity index (χ0n) is 17.0. The molecule has 3 aliphatic rings. The molecule has 3 atom stereocenters. The van der Waals surface area contributed by atoms with Crippen LogP contribution in [0.4, 0.5) is 0 Å². The van der Waals surface area contributed by atoms with Gasteiger partial charge in [-0.1, -0.05) is 6.07 Å². The van der Waals surface area contributed by atoms with Crippen molar-refractivity contribution in [3.8, 4) is 5.75 Å². The summed E-state index contributed by atoms with van der Waals surface area (Å²) in [7, 11) is 0. The number of rotatable bonds is 4. The molecule has 7 nitrogen and oxygen atoms in total. The zero-order valence-corrected chi connectivity index (χ0v) is 17.0. The first-order valence-corrected chi connectivity index (χ1v) is 10.8. The Bertz CT molecular complexity index is 706. The van der Waals surface area contributed by atoms with Crippen molar-refractivity contribution in [1.82, 2.24) is 9.80 Å². The van der Waals surface area contributed by atoms with Crippen LogP contribution in [0.2, 0.25) is 0 Å². The predicted molar refractivity (Wildman–Crippen MR) is 108 cm³/mol. The van der Waals surface area contributed by atoms with Crippen LogP contribution in [0.1, 0.15) is 30.4 Å². The van der Waals surface area contributed by atoms with E-state index in [1.165, 1.54) is 24.0 Å². The Kier molecular flexibility index (Phi) is 6.70. The Morgan fingerprint density at radius 3 is 2.66 bits per heavy atom. The van der Waals surface area contributed by atoms with Crippen LogP contribution in [0.15, 0.2) is 18.2 Å². The van der Waals surface area contributed by atoms with Gasteiger partial charge in [0.1, 0.15) is 5.75 Å². The zero-order chi connectivity index (χ0) is 20.2. The Balaban J connectivity index is 1.38. The van der Waals surface area contributed by atoms with Gasteiger partial charge in [0.25, 0.3) is 5.91 Å². The van der Waals surface area contributed by atoms with Crippen molar-refractivity contribution in [2.45, 2.75) is 50.4 Å². The average Bonchev–Trinajstić information content (AvgIpc) is 2.91. The highest BCUT2D eigenvalue weighted by atomic mass is 16.5. The molecule has 29 heavy (non-hydrogen) atoms. The lowest BCUT2D eigenvalue weighted by molar-refractivity contribution is -0.134. The normalized spacial score (nSPS) is 28.5. The van der Waals surface area contributed by atoms with Crippen molar-refractivity contribution in [3.63, 3.8) is 0 Å². The van der Waals surface area contributed by atoms with E-state index in [9.17, 15) is 15.0 Å². The number of amides is 1. The molecular formula is C22H32N2O5. The second-order valence-electron chi connectivity index (χ2n) is 8.33. The fourth-order valence-corrected chi connectivity index (χ4v) is 4.64. The fourth-order valence-electron chi connectivity index (χ4n) is 4.64. The van der Waals surface area contributed by atoms with E-state index in [1.54, 1.807) is 4.90 Å². The lowest BCUT2D eigenvalue weighted by atomic mass is 9.92. The number of hydrogen-bond donors (Lipinski definition) is 2. The number of fused-ring (bicyclic) bond motifs is 1. The lowest BCUT2D eigenvalue weighted by Gasteiger charge is -2.38. The summed E-state index contributed by atoms with van der Waals surface area (Å²) in [5, 5.41) is 20.9. The average molecular weight is 405 g/mol. The number of aliphatic hydroxyl groups is 2. The quantitative estimate of drug-likeness (QED) is 0.765. The molecular weight excluding hydrogens is 372 g/mol. The molecule has 0 aromatic heterocycles. The first-order valence-electron chi connectivity index (χ1n) is 10.8. The van der Waals surface area contributed by atoms with Gasteiger partial charge < -0.3 is 24.6 Å². The van der Waals surface area contributed by atoms with E-state index in [0.717, 1.165) is 18.6 Å². The molecule has 2 fully saturated rings. The number of carbonyl (C=O) groups is 1. The molecule has 2 N–H and O–H groups in total. The summed E-state index contributed by atoms with van der Waals surface area (Å²) in [6.07, 6.45) is 3.31. The summed E-state index contributed by atoms with van der Waals surface area (Å²) in [6.45, 7) is 3.39. The smallest absolute Gasteiger partial charge is 0.260 e. The van der Waals surface area contributed by atoms with E-state index >= 15 is 0 Å².